The van der Waals surface area contributed by atoms with E-state index in [9.17, 15) is 14.0 Å². The number of carbonyl (C=O) groups excluding carboxylic acids is 2. The predicted molar refractivity (Wildman–Crippen MR) is 89.3 cm³/mol. The number of ketones is 1. The van der Waals surface area contributed by atoms with Gasteiger partial charge in [-0.15, -0.1) is 0 Å². The summed E-state index contributed by atoms with van der Waals surface area (Å²) < 4.78 is 24.4. The molecule has 0 amide bonds. The maximum Gasteiger partial charge on any atom is 0.323 e. The molecule has 25 heavy (non-hydrogen) atoms. The lowest BCUT2D eigenvalue weighted by molar-refractivity contribution is -0.142. The Bertz CT molecular complexity index is 853. The van der Waals surface area contributed by atoms with Gasteiger partial charge in [-0.2, -0.15) is 0 Å². The topological polar surface area (TPSA) is 77.5 Å². The van der Waals surface area contributed by atoms with Gasteiger partial charge in [0.1, 0.15) is 18.0 Å². The molecule has 0 radical (unpaired) electrons. The number of esters is 1. The van der Waals surface area contributed by atoms with Gasteiger partial charge in [0.2, 0.25) is 0 Å². The average Bonchev–Trinajstić information content (AvgIpc) is 3.03. The fourth-order valence-electron chi connectivity index (χ4n) is 3.12. The van der Waals surface area contributed by atoms with Crippen LogP contribution in [0, 0.1) is 12.7 Å². The molecule has 0 aliphatic carbocycles. The molecule has 2 aromatic rings. The van der Waals surface area contributed by atoms with E-state index in [1.807, 2.05) is 0 Å². The van der Waals surface area contributed by atoms with Crippen molar-refractivity contribution in [1.29, 1.82) is 0 Å². The standard InChI is InChI=1S/C18H19FN2O4/c1-9-17(25-12-7-15(20-8-12)18(23)24-3)16(10(2)22)13-6-11(19)4-5-14(13)21-9/h4-6,12,15,20H,7-8H2,1-3H3. The summed E-state index contributed by atoms with van der Waals surface area (Å²) in [6, 6.07) is 3.69. The summed E-state index contributed by atoms with van der Waals surface area (Å²) in [5.41, 5.74) is 1.39. The number of hydrogen-bond donors (Lipinski definition) is 1. The van der Waals surface area contributed by atoms with Gasteiger partial charge < -0.3 is 14.8 Å². The van der Waals surface area contributed by atoms with Crippen LogP contribution in [0.15, 0.2) is 18.2 Å². The zero-order valence-corrected chi connectivity index (χ0v) is 14.3. The number of aryl methyl sites for hydroxylation is 1. The van der Waals surface area contributed by atoms with Gasteiger partial charge in [0.05, 0.1) is 23.9 Å². The van der Waals surface area contributed by atoms with Crippen LogP contribution in [0.5, 0.6) is 5.75 Å². The lowest BCUT2D eigenvalue weighted by Crippen LogP contribution is -2.31. The van der Waals surface area contributed by atoms with Gasteiger partial charge in [0.15, 0.2) is 11.5 Å². The number of ether oxygens (including phenoxy) is 2. The number of rotatable bonds is 4. The number of Topliss-reactive ketones (excluding diaryl/α,β-unsaturated/α-hetero) is 1. The normalized spacial score (nSPS) is 19.8. The van der Waals surface area contributed by atoms with Gasteiger partial charge in [0, 0.05) is 18.4 Å². The van der Waals surface area contributed by atoms with Crippen LogP contribution in [-0.4, -0.2) is 42.5 Å². The highest BCUT2D eigenvalue weighted by Crippen LogP contribution is 2.32. The third-order valence-electron chi connectivity index (χ3n) is 4.28. The Morgan fingerprint density at radius 3 is 2.80 bits per heavy atom. The fourth-order valence-corrected chi connectivity index (χ4v) is 3.12. The van der Waals surface area contributed by atoms with Crippen molar-refractivity contribution in [3.8, 4) is 5.75 Å². The highest BCUT2D eigenvalue weighted by molar-refractivity contribution is 6.08. The van der Waals surface area contributed by atoms with Crippen molar-refractivity contribution in [2.24, 2.45) is 0 Å². The number of halogens is 1. The number of nitrogens with zero attached hydrogens (tertiary/aromatic N) is 1. The molecule has 1 aliphatic heterocycles. The molecule has 2 heterocycles. The third kappa shape index (κ3) is 3.32. The van der Waals surface area contributed by atoms with Crippen LogP contribution in [-0.2, 0) is 9.53 Å². The summed E-state index contributed by atoms with van der Waals surface area (Å²) in [5.74, 6) is -0.692. The van der Waals surface area contributed by atoms with Crippen molar-refractivity contribution >= 4 is 22.7 Å². The summed E-state index contributed by atoms with van der Waals surface area (Å²) in [4.78, 5) is 28.3. The third-order valence-corrected chi connectivity index (χ3v) is 4.28. The Morgan fingerprint density at radius 1 is 1.36 bits per heavy atom. The monoisotopic (exact) mass is 346 g/mol. The molecule has 7 heteroatoms. The minimum absolute atomic E-state index is 0.230. The minimum Gasteiger partial charge on any atom is -0.486 e. The second kappa shape index (κ2) is 6.76. The Labute approximate surface area is 144 Å². The second-order valence-corrected chi connectivity index (χ2v) is 6.08. The highest BCUT2D eigenvalue weighted by atomic mass is 19.1. The van der Waals surface area contributed by atoms with Crippen molar-refractivity contribution in [3.05, 3.63) is 35.3 Å². The smallest absolute Gasteiger partial charge is 0.323 e. The van der Waals surface area contributed by atoms with Crippen molar-refractivity contribution in [1.82, 2.24) is 10.3 Å². The number of benzene rings is 1. The summed E-state index contributed by atoms with van der Waals surface area (Å²) in [5, 5.41) is 3.45. The fraction of sp³-hybridized carbons (Fsp3) is 0.389. The van der Waals surface area contributed by atoms with E-state index in [-0.39, 0.29) is 17.9 Å². The molecule has 1 fully saturated rings. The van der Waals surface area contributed by atoms with E-state index in [0.717, 1.165) is 0 Å². The number of nitrogens with one attached hydrogen (secondary N) is 1. The maximum atomic E-state index is 13.7. The van der Waals surface area contributed by atoms with Gasteiger partial charge in [-0.3, -0.25) is 9.59 Å². The first-order chi connectivity index (χ1) is 11.9. The minimum atomic E-state index is -0.445. The summed E-state index contributed by atoms with van der Waals surface area (Å²) in [7, 11) is 1.33. The van der Waals surface area contributed by atoms with E-state index in [0.29, 0.717) is 40.9 Å². The van der Waals surface area contributed by atoms with Crippen molar-refractivity contribution in [2.45, 2.75) is 32.4 Å². The maximum absolute atomic E-state index is 13.7. The molecule has 3 rings (SSSR count). The molecule has 2 atom stereocenters. The van der Waals surface area contributed by atoms with Crippen molar-refractivity contribution < 1.29 is 23.5 Å². The molecule has 1 aromatic carbocycles. The molecule has 2 unspecified atom stereocenters. The first-order valence-corrected chi connectivity index (χ1v) is 7.99. The van der Waals surface area contributed by atoms with Crippen LogP contribution in [0.1, 0.15) is 29.4 Å². The lowest BCUT2D eigenvalue weighted by atomic mass is 10.0. The van der Waals surface area contributed by atoms with E-state index in [1.165, 1.54) is 32.2 Å². The molecule has 6 nitrogen and oxygen atoms in total. The Morgan fingerprint density at radius 2 is 2.12 bits per heavy atom. The Balaban J connectivity index is 1.98. The number of pyridine rings is 1. The Kier molecular flexibility index (Phi) is 4.67. The van der Waals surface area contributed by atoms with E-state index in [4.69, 9.17) is 9.47 Å². The molecule has 1 aliphatic rings. The molecular formula is C18H19FN2O4. The number of carbonyl (C=O) groups is 2. The van der Waals surface area contributed by atoms with Crippen molar-refractivity contribution in [2.75, 3.05) is 13.7 Å². The van der Waals surface area contributed by atoms with Crippen LogP contribution in [0.2, 0.25) is 0 Å². The van der Waals surface area contributed by atoms with Gasteiger partial charge in [-0.25, -0.2) is 9.37 Å². The molecule has 0 spiro atoms. The quantitative estimate of drug-likeness (QED) is 0.675. The second-order valence-electron chi connectivity index (χ2n) is 6.08. The number of methoxy groups -OCH3 is 1. The van der Waals surface area contributed by atoms with Gasteiger partial charge >= 0.3 is 5.97 Å². The lowest BCUT2D eigenvalue weighted by Gasteiger charge is -2.18. The van der Waals surface area contributed by atoms with Crippen LogP contribution in [0.3, 0.4) is 0 Å². The molecule has 1 saturated heterocycles. The zero-order valence-electron chi connectivity index (χ0n) is 14.3. The van der Waals surface area contributed by atoms with Crippen molar-refractivity contribution in [3.63, 3.8) is 0 Å². The number of fused-ring (bicyclic) bond motifs is 1. The Hall–Kier alpha value is -2.54. The van der Waals surface area contributed by atoms with E-state index < -0.39 is 11.9 Å². The van der Waals surface area contributed by atoms with Gasteiger partial charge in [-0.1, -0.05) is 0 Å². The predicted octanol–water partition coefficient (Wildman–Crippen LogP) is 2.17. The largest absolute Gasteiger partial charge is 0.486 e. The highest BCUT2D eigenvalue weighted by Gasteiger charge is 2.32. The zero-order chi connectivity index (χ0) is 18.1. The number of aromatic nitrogens is 1. The molecular weight excluding hydrogens is 327 g/mol. The van der Waals surface area contributed by atoms with Crippen LogP contribution in [0.4, 0.5) is 4.39 Å². The van der Waals surface area contributed by atoms with Gasteiger partial charge in [0.25, 0.3) is 0 Å². The SMILES string of the molecule is COC(=O)C1CC(Oc2c(C)nc3ccc(F)cc3c2C(C)=O)CN1. The van der Waals surface area contributed by atoms with E-state index in [2.05, 4.69) is 10.3 Å². The van der Waals surface area contributed by atoms with Crippen LogP contribution in [0.25, 0.3) is 10.9 Å². The molecule has 1 N–H and O–H groups in total. The van der Waals surface area contributed by atoms with E-state index >= 15 is 0 Å². The summed E-state index contributed by atoms with van der Waals surface area (Å²) >= 11 is 0. The first-order valence-electron chi connectivity index (χ1n) is 7.99. The molecule has 0 saturated carbocycles. The summed E-state index contributed by atoms with van der Waals surface area (Å²) in [6.45, 7) is 3.60. The average molecular weight is 346 g/mol. The summed E-state index contributed by atoms with van der Waals surface area (Å²) in [6.07, 6.45) is 0.110. The van der Waals surface area contributed by atoms with Gasteiger partial charge in [-0.05, 0) is 32.0 Å². The molecule has 132 valence electrons. The number of hydrogen-bond acceptors (Lipinski definition) is 6. The first kappa shape index (κ1) is 17.3. The molecule has 0 bridgehead atoms. The molecule has 1 aromatic heterocycles. The van der Waals surface area contributed by atoms with E-state index in [1.54, 1.807) is 6.92 Å². The van der Waals surface area contributed by atoms with Crippen LogP contribution < -0.4 is 10.1 Å². The van der Waals surface area contributed by atoms with Crippen LogP contribution >= 0.6 is 0 Å².